The molecular formula is C20H24N4O3. The monoisotopic (exact) mass is 368 g/mol. The molecule has 2 aliphatic rings. The highest BCUT2D eigenvalue weighted by atomic mass is 16.5. The van der Waals surface area contributed by atoms with E-state index in [4.69, 9.17) is 4.74 Å². The van der Waals surface area contributed by atoms with Gasteiger partial charge in [0.15, 0.2) is 0 Å². The molecule has 1 saturated carbocycles. The zero-order chi connectivity index (χ0) is 18.8. The number of benzene rings is 1. The Balaban J connectivity index is 1.37. The molecule has 2 heterocycles. The molecule has 0 unspecified atom stereocenters. The lowest BCUT2D eigenvalue weighted by Crippen LogP contribution is -2.50. The van der Waals surface area contributed by atoms with Gasteiger partial charge >= 0.3 is 0 Å². The molecule has 2 fully saturated rings. The van der Waals surface area contributed by atoms with Crippen LogP contribution in [-0.2, 0) is 11.3 Å². The third kappa shape index (κ3) is 3.97. The summed E-state index contributed by atoms with van der Waals surface area (Å²) >= 11 is 0. The van der Waals surface area contributed by atoms with E-state index < -0.39 is 0 Å². The van der Waals surface area contributed by atoms with Gasteiger partial charge in [-0.25, -0.2) is 4.68 Å². The average molecular weight is 368 g/mol. The highest BCUT2D eigenvalue weighted by Gasteiger charge is 2.26. The molecule has 2 aromatic rings. The van der Waals surface area contributed by atoms with E-state index in [9.17, 15) is 9.59 Å². The second-order valence-electron chi connectivity index (χ2n) is 7.10. The van der Waals surface area contributed by atoms with Gasteiger partial charge in [0.1, 0.15) is 12.3 Å². The lowest BCUT2D eigenvalue weighted by molar-refractivity contribution is -0.132. The third-order valence-corrected chi connectivity index (χ3v) is 5.22. The van der Waals surface area contributed by atoms with Crippen LogP contribution in [0.5, 0.6) is 5.75 Å². The molecule has 1 saturated heterocycles. The molecule has 1 aliphatic carbocycles. The normalized spacial score (nSPS) is 17.1. The summed E-state index contributed by atoms with van der Waals surface area (Å²) in [5.41, 5.74) is 1.80. The number of aromatic nitrogens is 2. The van der Waals surface area contributed by atoms with Gasteiger partial charge in [-0.05, 0) is 31.0 Å². The Hall–Kier alpha value is -2.83. The molecule has 0 N–H and O–H groups in total. The maximum Gasteiger partial charge on any atom is 0.267 e. The van der Waals surface area contributed by atoms with Crippen molar-refractivity contribution in [3.63, 3.8) is 0 Å². The van der Waals surface area contributed by atoms with Crippen molar-refractivity contribution in [3.05, 3.63) is 52.4 Å². The Bertz CT molecular complexity index is 883. The minimum atomic E-state index is -0.220. The maximum atomic E-state index is 12.6. The standard InChI is InChI=1S/C20H24N4O3/c1-27-17-4-2-3-16(13-17)22-9-11-23(12-10-22)20(26)14-24-19(25)8-7-18(21-24)15-5-6-15/h2-4,7-8,13,15H,5-6,9-12,14H2,1H3. The molecule has 7 nitrogen and oxygen atoms in total. The summed E-state index contributed by atoms with van der Waals surface area (Å²) in [6.07, 6.45) is 2.23. The summed E-state index contributed by atoms with van der Waals surface area (Å²) in [6.45, 7) is 2.78. The Kier molecular flexibility index (Phi) is 4.83. The predicted molar refractivity (Wildman–Crippen MR) is 102 cm³/mol. The van der Waals surface area contributed by atoms with Gasteiger partial charge in [-0.15, -0.1) is 0 Å². The summed E-state index contributed by atoms with van der Waals surface area (Å²) in [4.78, 5) is 28.7. The third-order valence-electron chi connectivity index (χ3n) is 5.22. The number of piperazine rings is 1. The summed E-state index contributed by atoms with van der Waals surface area (Å²) in [5.74, 6) is 1.23. The molecule has 1 aliphatic heterocycles. The predicted octanol–water partition coefficient (Wildman–Crippen LogP) is 1.48. The molecule has 27 heavy (non-hydrogen) atoms. The quantitative estimate of drug-likeness (QED) is 0.800. The maximum absolute atomic E-state index is 12.6. The first kappa shape index (κ1) is 17.6. The van der Waals surface area contributed by atoms with Gasteiger partial charge in [0.05, 0.1) is 12.8 Å². The van der Waals surface area contributed by atoms with Crippen molar-refractivity contribution in [2.24, 2.45) is 0 Å². The smallest absolute Gasteiger partial charge is 0.267 e. The fourth-order valence-corrected chi connectivity index (χ4v) is 3.42. The number of hydrogen-bond acceptors (Lipinski definition) is 5. The van der Waals surface area contributed by atoms with Crippen LogP contribution in [0.15, 0.2) is 41.2 Å². The first-order valence-electron chi connectivity index (χ1n) is 9.39. The Morgan fingerprint density at radius 2 is 1.93 bits per heavy atom. The molecule has 0 atom stereocenters. The first-order valence-corrected chi connectivity index (χ1v) is 9.39. The SMILES string of the molecule is COc1cccc(N2CCN(C(=O)Cn3nc(C4CC4)ccc3=O)CC2)c1. The van der Waals surface area contributed by atoms with Crippen LogP contribution < -0.4 is 15.2 Å². The summed E-state index contributed by atoms with van der Waals surface area (Å²) < 4.78 is 6.59. The van der Waals surface area contributed by atoms with Crippen LogP contribution in [0.3, 0.4) is 0 Å². The molecule has 0 radical (unpaired) electrons. The molecular weight excluding hydrogens is 344 g/mol. The second-order valence-corrected chi connectivity index (χ2v) is 7.10. The van der Waals surface area contributed by atoms with E-state index in [0.29, 0.717) is 19.0 Å². The largest absolute Gasteiger partial charge is 0.497 e. The molecule has 7 heteroatoms. The Morgan fingerprint density at radius 3 is 2.63 bits per heavy atom. The van der Waals surface area contributed by atoms with E-state index in [1.807, 2.05) is 29.2 Å². The van der Waals surface area contributed by atoms with E-state index in [-0.39, 0.29) is 18.0 Å². The van der Waals surface area contributed by atoms with E-state index in [0.717, 1.165) is 43.1 Å². The van der Waals surface area contributed by atoms with Crippen LogP contribution in [-0.4, -0.2) is 53.9 Å². The van der Waals surface area contributed by atoms with Crippen LogP contribution >= 0.6 is 0 Å². The number of carbonyl (C=O) groups excluding carboxylic acids is 1. The average Bonchev–Trinajstić information content (AvgIpc) is 3.55. The van der Waals surface area contributed by atoms with Gasteiger partial charge in [-0.1, -0.05) is 6.07 Å². The number of methoxy groups -OCH3 is 1. The number of rotatable bonds is 5. The molecule has 142 valence electrons. The van der Waals surface area contributed by atoms with Crippen LogP contribution in [0.25, 0.3) is 0 Å². The fraction of sp³-hybridized carbons (Fsp3) is 0.450. The molecule has 1 aromatic heterocycles. The van der Waals surface area contributed by atoms with Crippen LogP contribution in [0.2, 0.25) is 0 Å². The van der Waals surface area contributed by atoms with Crippen molar-refractivity contribution in [1.29, 1.82) is 0 Å². The van der Waals surface area contributed by atoms with Crippen molar-refractivity contribution >= 4 is 11.6 Å². The Morgan fingerprint density at radius 1 is 1.15 bits per heavy atom. The number of hydrogen-bond donors (Lipinski definition) is 0. The van der Waals surface area contributed by atoms with Gasteiger partial charge in [0, 0.05) is 49.9 Å². The number of ether oxygens (including phenoxy) is 1. The van der Waals surface area contributed by atoms with Crippen LogP contribution in [0.4, 0.5) is 5.69 Å². The number of nitrogens with zero attached hydrogens (tertiary/aromatic N) is 4. The van der Waals surface area contributed by atoms with Gasteiger partial charge in [0.2, 0.25) is 5.91 Å². The van der Waals surface area contributed by atoms with E-state index in [1.54, 1.807) is 13.2 Å². The zero-order valence-corrected chi connectivity index (χ0v) is 15.5. The summed E-state index contributed by atoms with van der Waals surface area (Å²) in [7, 11) is 1.66. The zero-order valence-electron chi connectivity index (χ0n) is 15.5. The van der Waals surface area contributed by atoms with Crippen molar-refractivity contribution in [2.45, 2.75) is 25.3 Å². The second kappa shape index (κ2) is 7.42. The minimum absolute atomic E-state index is 0.0125. The van der Waals surface area contributed by atoms with Gasteiger partial charge in [-0.3, -0.25) is 9.59 Å². The Labute approximate surface area is 158 Å². The topological polar surface area (TPSA) is 67.7 Å². The highest BCUT2D eigenvalue weighted by molar-refractivity contribution is 5.76. The van der Waals surface area contributed by atoms with Crippen molar-refractivity contribution in [2.75, 3.05) is 38.2 Å². The number of anilines is 1. The molecule has 4 rings (SSSR count). The van der Waals surface area contributed by atoms with E-state index in [2.05, 4.69) is 10.00 Å². The van der Waals surface area contributed by atoms with Gasteiger partial charge in [-0.2, -0.15) is 5.10 Å². The first-order chi connectivity index (χ1) is 13.1. The fourth-order valence-electron chi connectivity index (χ4n) is 3.42. The van der Waals surface area contributed by atoms with Crippen molar-refractivity contribution in [1.82, 2.24) is 14.7 Å². The lowest BCUT2D eigenvalue weighted by atomic mass is 10.2. The molecule has 1 aromatic carbocycles. The van der Waals surface area contributed by atoms with Crippen LogP contribution in [0.1, 0.15) is 24.5 Å². The van der Waals surface area contributed by atoms with Crippen LogP contribution in [0, 0.1) is 0 Å². The summed E-state index contributed by atoms with van der Waals surface area (Å²) in [5, 5.41) is 4.38. The van der Waals surface area contributed by atoms with E-state index in [1.165, 1.54) is 10.7 Å². The van der Waals surface area contributed by atoms with Gasteiger partial charge < -0.3 is 14.5 Å². The van der Waals surface area contributed by atoms with Gasteiger partial charge in [0.25, 0.3) is 5.56 Å². The lowest BCUT2D eigenvalue weighted by Gasteiger charge is -2.36. The molecule has 0 spiro atoms. The van der Waals surface area contributed by atoms with E-state index >= 15 is 0 Å². The summed E-state index contributed by atoms with van der Waals surface area (Å²) in [6, 6.07) is 11.3. The minimum Gasteiger partial charge on any atom is -0.497 e. The van der Waals surface area contributed by atoms with Crippen molar-refractivity contribution in [3.8, 4) is 5.75 Å². The molecule has 0 bridgehead atoms. The number of amides is 1. The number of carbonyl (C=O) groups is 1. The van der Waals surface area contributed by atoms with Crippen molar-refractivity contribution < 1.29 is 9.53 Å². The highest BCUT2D eigenvalue weighted by Crippen LogP contribution is 2.38. The molecule has 1 amide bonds.